The first-order valence-electron chi connectivity index (χ1n) is 8.03. The Kier molecular flexibility index (Phi) is 4.86. The SMILES string of the molecule is CC(=O)NCc1ccc(C(=O)Cn2c(=O)c(C#N)cn(C3CC3)c2=O)s1. The molecular weight excluding hydrogens is 356 g/mol. The Morgan fingerprint density at radius 1 is 1.35 bits per heavy atom. The molecule has 0 aromatic carbocycles. The lowest BCUT2D eigenvalue weighted by atomic mass is 10.3. The summed E-state index contributed by atoms with van der Waals surface area (Å²) in [6.45, 7) is 1.30. The molecule has 9 heteroatoms. The number of carbonyl (C=O) groups excluding carboxylic acids is 2. The maximum atomic E-state index is 12.5. The van der Waals surface area contributed by atoms with Crippen LogP contribution >= 0.6 is 11.3 Å². The normalized spacial score (nSPS) is 13.2. The molecule has 1 aliphatic carbocycles. The molecule has 134 valence electrons. The molecule has 0 atom stereocenters. The van der Waals surface area contributed by atoms with Gasteiger partial charge in [0.25, 0.3) is 5.56 Å². The van der Waals surface area contributed by atoms with Crippen molar-refractivity contribution >= 4 is 23.0 Å². The lowest BCUT2D eigenvalue weighted by molar-refractivity contribution is -0.119. The Morgan fingerprint density at radius 3 is 2.69 bits per heavy atom. The van der Waals surface area contributed by atoms with Crippen LogP contribution in [0.1, 0.15) is 45.9 Å². The maximum absolute atomic E-state index is 12.5. The molecule has 3 rings (SSSR count). The van der Waals surface area contributed by atoms with Crippen LogP contribution in [0.25, 0.3) is 0 Å². The molecule has 8 nitrogen and oxygen atoms in total. The summed E-state index contributed by atoms with van der Waals surface area (Å²) in [7, 11) is 0. The zero-order valence-corrected chi connectivity index (χ0v) is 14.8. The molecule has 0 radical (unpaired) electrons. The number of rotatable bonds is 6. The Morgan fingerprint density at radius 2 is 2.08 bits per heavy atom. The van der Waals surface area contributed by atoms with Crippen LogP contribution in [0, 0.1) is 11.3 Å². The number of thiophene rings is 1. The van der Waals surface area contributed by atoms with Crippen LogP contribution in [0.3, 0.4) is 0 Å². The smallest absolute Gasteiger partial charge is 0.331 e. The van der Waals surface area contributed by atoms with E-state index in [1.807, 2.05) is 0 Å². The van der Waals surface area contributed by atoms with Gasteiger partial charge in [0.15, 0.2) is 5.78 Å². The topological polar surface area (TPSA) is 114 Å². The van der Waals surface area contributed by atoms with Crippen molar-refractivity contribution in [2.75, 3.05) is 0 Å². The van der Waals surface area contributed by atoms with Gasteiger partial charge >= 0.3 is 5.69 Å². The van der Waals surface area contributed by atoms with Crippen LogP contribution in [-0.2, 0) is 17.9 Å². The van der Waals surface area contributed by atoms with E-state index in [1.54, 1.807) is 18.2 Å². The van der Waals surface area contributed by atoms with Crippen molar-refractivity contribution in [3.63, 3.8) is 0 Å². The summed E-state index contributed by atoms with van der Waals surface area (Å²) in [6.07, 6.45) is 2.91. The molecule has 1 amide bonds. The summed E-state index contributed by atoms with van der Waals surface area (Å²) in [6, 6.07) is 5.09. The summed E-state index contributed by atoms with van der Waals surface area (Å²) in [5, 5.41) is 11.8. The Bertz CT molecular complexity index is 1040. The molecule has 0 unspecified atom stereocenters. The van der Waals surface area contributed by atoms with Crippen LogP contribution < -0.4 is 16.6 Å². The first-order valence-corrected chi connectivity index (χ1v) is 8.84. The fourth-order valence-corrected chi connectivity index (χ4v) is 3.38. The number of nitrogens with zero attached hydrogens (tertiary/aromatic N) is 3. The van der Waals surface area contributed by atoms with Crippen LogP contribution in [0.15, 0.2) is 27.9 Å². The molecule has 1 fully saturated rings. The second kappa shape index (κ2) is 7.09. The van der Waals surface area contributed by atoms with E-state index in [9.17, 15) is 19.2 Å². The molecule has 1 saturated carbocycles. The van der Waals surface area contributed by atoms with Crippen molar-refractivity contribution in [1.29, 1.82) is 5.26 Å². The average Bonchev–Trinajstić information content (AvgIpc) is 3.33. The van der Waals surface area contributed by atoms with Crippen LogP contribution in [0.5, 0.6) is 0 Å². The van der Waals surface area contributed by atoms with Gasteiger partial charge in [-0.2, -0.15) is 5.26 Å². The van der Waals surface area contributed by atoms with Gasteiger partial charge in [-0.1, -0.05) is 0 Å². The van der Waals surface area contributed by atoms with E-state index in [0.717, 1.165) is 22.3 Å². The van der Waals surface area contributed by atoms with Gasteiger partial charge in [-0.3, -0.25) is 23.5 Å². The average molecular weight is 372 g/mol. The zero-order valence-electron chi connectivity index (χ0n) is 14.0. The molecule has 0 saturated heterocycles. The number of aromatic nitrogens is 2. The molecule has 26 heavy (non-hydrogen) atoms. The van der Waals surface area contributed by atoms with E-state index >= 15 is 0 Å². The second-order valence-corrected chi connectivity index (χ2v) is 7.23. The Labute approximate surface area is 152 Å². The third kappa shape index (κ3) is 3.65. The van der Waals surface area contributed by atoms with Crippen molar-refractivity contribution in [2.24, 2.45) is 0 Å². The number of carbonyl (C=O) groups is 2. The van der Waals surface area contributed by atoms with Crippen molar-refractivity contribution in [3.8, 4) is 6.07 Å². The number of amides is 1. The third-order valence-electron chi connectivity index (χ3n) is 4.01. The summed E-state index contributed by atoms with van der Waals surface area (Å²) in [5.41, 5.74) is -1.47. The predicted octanol–water partition coefficient (Wildman–Crippen LogP) is 0.797. The van der Waals surface area contributed by atoms with Crippen molar-refractivity contribution in [1.82, 2.24) is 14.5 Å². The Balaban J connectivity index is 1.87. The van der Waals surface area contributed by atoms with E-state index in [4.69, 9.17) is 5.26 Å². The van der Waals surface area contributed by atoms with Gasteiger partial charge in [0.05, 0.1) is 18.0 Å². The number of nitriles is 1. The van der Waals surface area contributed by atoms with Crippen molar-refractivity contribution < 1.29 is 9.59 Å². The monoisotopic (exact) mass is 372 g/mol. The minimum absolute atomic E-state index is 0.0115. The molecular formula is C17H16N4O4S. The molecule has 2 heterocycles. The van der Waals surface area contributed by atoms with Crippen molar-refractivity contribution in [3.05, 3.63) is 54.5 Å². The lowest BCUT2D eigenvalue weighted by Crippen LogP contribution is -2.42. The number of Topliss-reactive ketones (excluding diaryl/α,β-unsaturated/α-hetero) is 1. The van der Waals surface area contributed by atoms with Gasteiger partial charge in [-0.05, 0) is 25.0 Å². The quantitative estimate of drug-likeness (QED) is 0.753. The zero-order chi connectivity index (χ0) is 18.8. The number of ketones is 1. The predicted molar refractivity (Wildman–Crippen MR) is 94.1 cm³/mol. The van der Waals surface area contributed by atoms with E-state index in [1.165, 1.54) is 29.0 Å². The molecule has 2 aromatic heterocycles. The summed E-state index contributed by atoms with van der Waals surface area (Å²) in [5.74, 6) is -0.563. The maximum Gasteiger partial charge on any atom is 0.331 e. The molecule has 0 aliphatic heterocycles. The third-order valence-corrected chi connectivity index (χ3v) is 5.13. The van der Waals surface area contributed by atoms with Gasteiger partial charge in [0, 0.05) is 24.0 Å². The largest absolute Gasteiger partial charge is 0.351 e. The summed E-state index contributed by atoms with van der Waals surface area (Å²) >= 11 is 1.19. The van der Waals surface area contributed by atoms with Crippen LogP contribution in [0.2, 0.25) is 0 Å². The fraction of sp³-hybridized carbons (Fsp3) is 0.353. The van der Waals surface area contributed by atoms with Gasteiger partial charge in [0.2, 0.25) is 5.91 Å². The van der Waals surface area contributed by atoms with Gasteiger partial charge in [0.1, 0.15) is 11.6 Å². The van der Waals surface area contributed by atoms with Crippen molar-refractivity contribution in [2.45, 2.75) is 38.9 Å². The number of hydrogen-bond donors (Lipinski definition) is 1. The first kappa shape index (κ1) is 17.8. The number of nitrogens with one attached hydrogen (secondary N) is 1. The molecule has 0 spiro atoms. The summed E-state index contributed by atoms with van der Waals surface area (Å²) < 4.78 is 2.19. The van der Waals surface area contributed by atoms with Crippen LogP contribution in [0.4, 0.5) is 0 Å². The highest BCUT2D eigenvalue weighted by Crippen LogP contribution is 2.33. The minimum atomic E-state index is -0.752. The highest BCUT2D eigenvalue weighted by atomic mass is 32.1. The highest BCUT2D eigenvalue weighted by molar-refractivity contribution is 7.14. The first-order chi connectivity index (χ1) is 12.4. The Hall–Kier alpha value is -2.99. The van der Waals surface area contributed by atoms with E-state index in [-0.39, 0.29) is 23.3 Å². The minimum Gasteiger partial charge on any atom is -0.351 e. The lowest BCUT2D eigenvalue weighted by Gasteiger charge is -2.09. The van der Waals surface area contributed by atoms with Crippen LogP contribution in [-0.4, -0.2) is 20.8 Å². The standard InChI is InChI=1S/C17H16N4O4S/c1-10(22)19-7-13-4-5-15(26-13)14(23)9-21-16(24)11(6-18)8-20(17(21)25)12-2-3-12/h4-5,8,12H,2-3,7,9H2,1H3,(H,19,22). The van der Waals surface area contributed by atoms with E-state index in [0.29, 0.717) is 11.4 Å². The van der Waals surface area contributed by atoms with Gasteiger partial charge < -0.3 is 5.32 Å². The molecule has 2 aromatic rings. The van der Waals surface area contributed by atoms with E-state index < -0.39 is 17.8 Å². The van der Waals surface area contributed by atoms with Gasteiger partial charge in [-0.25, -0.2) is 4.79 Å². The highest BCUT2D eigenvalue weighted by Gasteiger charge is 2.27. The molecule has 0 bridgehead atoms. The second-order valence-electron chi connectivity index (χ2n) is 6.07. The summed E-state index contributed by atoms with van der Waals surface area (Å²) in [4.78, 5) is 49.4. The molecule has 1 aliphatic rings. The molecule has 1 N–H and O–H groups in total. The number of hydrogen-bond acceptors (Lipinski definition) is 6. The fourth-order valence-electron chi connectivity index (χ4n) is 2.51. The van der Waals surface area contributed by atoms with E-state index in [2.05, 4.69) is 5.32 Å². The van der Waals surface area contributed by atoms with Gasteiger partial charge in [-0.15, -0.1) is 11.3 Å².